The molecule has 0 aromatic heterocycles. The van der Waals surface area contributed by atoms with Crippen LogP contribution in [0.5, 0.6) is 0 Å². The third kappa shape index (κ3) is 3.64. The highest BCUT2D eigenvalue weighted by atomic mass is 16.4. The minimum absolute atomic E-state index is 0.237. The van der Waals surface area contributed by atoms with Gasteiger partial charge in [0.25, 0.3) is 0 Å². The first-order valence-corrected chi connectivity index (χ1v) is 5.22. The predicted octanol–water partition coefficient (Wildman–Crippen LogP) is 0.554. The van der Waals surface area contributed by atoms with E-state index in [9.17, 15) is 9.90 Å². The van der Waals surface area contributed by atoms with E-state index in [4.69, 9.17) is 5.11 Å². The lowest BCUT2D eigenvalue weighted by atomic mass is 10.0. The number of nitrogens with zero attached hydrogens (tertiary/aromatic N) is 1. The zero-order valence-corrected chi connectivity index (χ0v) is 8.65. The van der Waals surface area contributed by atoms with Gasteiger partial charge in [-0.1, -0.05) is 0 Å². The molecule has 0 spiro atoms. The zero-order valence-electron chi connectivity index (χ0n) is 8.65. The molecule has 2 unspecified atom stereocenters. The maximum atomic E-state index is 10.3. The molecule has 0 bridgehead atoms. The van der Waals surface area contributed by atoms with Crippen LogP contribution in [0, 0.1) is 5.92 Å². The summed E-state index contributed by atoms with van der Waals surface area (Å²) in [6.45, 7) is 4.58. The Labute approximate surface area is 84.5 Å². The quantitative estimate of drug-likeness (QED) is 0.682. The van der Waals surface area contributed by atoms with Gasteiger partial charge in [-0.05, 0) is 38.8 Å². The first kappa shape index (κ1) is 11.5. The maximum Gasteiger partial charge on any atom is 0.303 e. The van der Waals surface area contributed by atoms with E-state index >= 15 is 0 Å². The van der Waals surface area contributed by atoms with Crippen LogP contribution in [0.15, 0.2) is 0 Å². The van der Waals surface area contributed by atoms with Crippen LogP contribution < -0.4 is 0 Å². The number of carbonyl (C=O) groups is 1. The van der Waals surface area contributed by atoms with Crippen molar-refractivity contribution in [3.05, 3.63) is 0 Å². The molecule has 0 aromatic carbocycles. The van der Waals surface area contributed by atoms with Crippen molar-refractivity contribution in [3.8, 4) is 0 Å². The fourth-order valence-electron chi connectivity index (χ4n) is 1.91. The van der Waals surface area contributed by atoms with E-state index in [1.54, 1.807) is 0 Å². The van der Waals surface area contributed by atoms with Crippen LogP contribution in [0.1, 0.15) is 26.2 Å². The van der Waals surface area contributed by atoms with Crippen molar-refractivity contribution in [2.75, 3.05) is 19.6 Å². The summed E-state index contributed by atoms with van der Waals surface area (Å²) < 4.78 is 0. The molecule has 82 valence electrons. The monoisotopic (exact) mass is 201 g/mol. The molecule has 1 aliphatic heterocycles. The zero-order chi connectivity index (χ0) is 10.6. The van der Waals surface area contributed by atoms with Gasteiger partial charge in [0.15, 0.2) is 0 Å². The smallest absolute Gasteiger partial charge is 0.303 e. The summed E-state index contributed by atoms with van der Waals surface area (Å²) >= 11 is 0. The van der Waals surface area contributed by atoms with E-state index in [-0.39, 0.29) is 12.5 Å². The van der Waals surface area contributed by atoms with Crippen molar-refractivity contribution in [2.45, 2.75) is 32.3 Å². The minimum atomic E-state index is -0.726. The molecular weight excluding hydrogens is 182 g/mol. The highest BCUT2D eigenvalue weighted by Gasteiger charge is 2.25. The maximum absolute atomic E-state index is 10.3. The molecule has 0 amide bonds. The highest BCUT2D eigenvalue weighted by Crippen LogP contribution is 2.19. The number of aliphatic hydroxyl groups is 1. The first-order chi connectivity index (χ1) is 6.59. The molecule has 0 aliphatic carbocycles. The van der Waals surface area contributed by atoms with E-state index in [0.717, 1.165) is 26.1 Å². The second-order valence-corrected chi connectivity index (χ2v) is 4.09. The molecule has 1 rings (SSSR count). The van der Waals surface area contributed by atoms with Gasteiger partial charge in [0.05, 0.1) is 6.10 Å². The molecule has 1 heterocycles. The average molecular weight is 201 g/mol. The fraction of sp³-hybridized carbons (Fsp3) is 0.900. The lowest BCUT2D eigenvalue weighted by Crippen LogP contribution is -2.25. The van der Waals surface area contributed by atoms with Crippen LogP contribution in [0.4, 0.5) is 0 Å². The third-order valence-corrected chi connectivity index (χ3v) is 2.86. The van der Waals surface area contributed by atoms with Crippen LogP contribution in [0.2, 0.25) is 0 Å². The van der Waals surface area contributed by atoms with Crippen molar-refractivity contribution < 1.29 is 15.0 Å². The minimum Gasteiger partial charge on any atom is -0.481 e. The van der Waals surface area contributed by atoms with Gasteiger partial charge in [0.1, 0.15) is 0 Å². The highest BCUT2D eigenvalue weighted by molar-refractivity contribution is 5.66. The second kappa shape index (κ2) is 5.32. The van der Waals surface area contributed by atoms with E-state index in [1.165, 1.54) is 0 Å². The third-order valence-electron chi connectivity index (χ3n) is 2.86. The lowest BCUT2D eigenvalue weighted by molar-refractivity contribution is -0.137. The van der Waals surface area contributed by atoms with Gasteiger partial charge in [0.2, 0.25) is 0 Å². The van der Waals surface area contributed by atoms with Gasteiger partial charge in [-0.3, -0.25) is 4.79 Å². The topological polar surface area (TPSA) is 60.8 Å². The molecule has 0 aromatic rings. The van der Waals surface area contributed by atoms with Crippen molar-refractivity contribution >= 4 is 5.97 Å². The predicted molar refractivity (Wildman–Crippen MR) is 53.1 cm³/mol. The molecule has 0 saturated carbocycles. The number of aliphatic hydroxyl groups excluding tert-OH is 1. The summed E-state index contributed by atoms with van der Waals surface area (Å²) in [6.07, 6.45) is 1.75. The van der Waals surface area contributed by atoms with Crippen molar-refractivity contribution in [1.82, 2.24) is 4.90 Å². The SMILES string of the molecule is CC(O)C1CCN(CCCC(=O)O)C1. The van der Waals surface area contributed by atoms with E-state index in [1.807, 2.05) is 6.92 Å². The Kier molecular flexibility index (Phi) is 4.35. The van der Waals surface area contributed by atoms with Crippen molar-refractivity contribution in [2.24, 2.45) is 5.92 Å². The fourth-order valence-corrected chi connectivity index (χ4v) is 1.91. The summed E-state index contributed by atoms with van der Waals surface area (Å²) in [7, 11) is 0. The van der Waals surface area contributed by atoms with Crippen LogP contribution in [-0.4, -0.2) is 46.8 Å². The Balaban J connectivity index is 2.13. The summed E-state index contributed by atoms with van der Waals surface area (Å²) in [5.41, 5.74) is 0. The summed E-state index contributed by atoms with van der Waals surface area (Å²) in [5, 5.41) is 17.8. The van der Waals surface area contributed by atoms with Gasteiger partial charge >= 0.3 is 5.97 Å². The van der Waals surface area contributed by atoms with Gasteiger partial charge < -0.3 is 15.1 Å². The second-order valence-electron chi connectivity index (χ2n) is 4.09. The molecule has 0 radical (unpaired) electrons. The molecule has 2 N–H and O–H groups in total. The van der Waals surface area contributed by atoms with Gasteiger partial charge in [-0.15, -0.1) is 0 Å². The number of hydrogen-bond donors (Lipinski definition) is 2. The Morgan fingerprint density at radius 3 is 2.86 bits per heavy atom. The van der Waals surface area contributed by atoms with E-state index < -0.39 is 5.97 Å². The van der Waals surface area contributed by atoms with Gasteiger partial charge in [0, 0.05) is 13.0 Å². The van der Waals surface area contributed by atoms with Gasteiger partial charge in [-0.25, -0.2) is 0 Å². The average Bonchev–Trinajstić information content (AvgIpc) is 2.52. The number of aliphatic carboxylic acids is 1. The summed E-state index contributed by atoms with van der Waals surface area (Å²) in [5.74, 6) is -0.351. The number of likely N-dealkylation sites (tertiary alicyclic amines) is 1. The van der Waals surface area contributed by atoms with E-state index in [2.05, 4.69) is 4.90 Å². The summed E-state index contributed by atoms with van der Waals surface area (Å²) in [4.78, 5) is 12.5. The Morgan fingerprint density at radius 2 is 2.36 bits per heavy atom. The van der Waals surface area contributed by atoms with Crippen LogP contribution in [0.3, 0.4) is 0 Å². The van der Waals surface area contributed by atoms with Crippen LogP contribution in [-0.2, 0) is 4.79 Å². The number of carboxylic acid groups (broad SMARTS) is 1. The molecule has 2 atom stereocenters. The van der Waals surface area contributed by atoms with Crippen molar-refractivity contribution in [1.29, 1.82) is 0 Å². The first-order valence-electron chi connectivity index (χ1n) is 5.22. The van der Waals surface area contributed by atoms with E-state index in [0.29, 0.717) is 12.3 Å². The van der Waals surface area contributed by atoms with Crippen LogP contribution in [0.25, 0.3) is 0 Å². The Morgan fingerprint density at radius 1 is 1.64 bits per heavy atom. The summed E-state index contributed by atoms with van der Waals surface area (Å²) in [6, 6.07) is 0. The Bertz CT molecular complexity index is 194. The molecular formula is C10H19NO3. The van der Waals surface area contributed by atoms with Crippen LogP contribution >= 0.6 is 0 Å². The standard InChI is InChI=1S/C10H19NO3/c1-8(12)9-4-6-11(7-9)5-2-3-10(13)14/h8-9,12H,2-7H2,1H3,(H,13,14). The van der Waals surface area contributed by atoms with Crippen molar-refractivity contribution in [3.63, 3.8) is 0 Å². The largest absolute Gasteiger partial charge is 0.481 e. The number of rotatable bonds is 5. The number of carboxylic acids is 1. The molecule has 1 fully saturated rings. The molecule has 14 heavy (non-hydrogen) atoms. The molecule has 4 nitrogen and oxygen atoms in total. The normalized spacial score (nSPS) is 25.1. The Hall–Kier alpha value is -0.610. The molecule has 1 saturated heterocycles. The molecule has 4 heteroatoms. The van der Waals surface area contributed by atoms with Gasteiger partial charge in [-0.2, -0.15) is 0 Å². The number of hydrogen-bond acceptors (Lipinski definition) is 3. The molecule has 1 aliphatic rings. The lowest BCUT2D eigenvalue weighted by Gasteiger charge is -2.16.